The Kier molecular flexibility index (Phi) is 2.98. The lowest BCUT2D eigenvalue weighted by molar-refractivity contribution is 0.275. The molecule has 18 heavy (non-hydrogen) atoms. The van der Waals surface area contributed by atoms with Crippen molar-refractivity contribution in [2.24, 2.45) is 0 Å². The van der Waals surface area contributed by atoms with Crippen LogP contribution in [0.4, 0.5) is 5.69 Å². The molecule has 0 amide bonds. The number of fused-ring (bicyclic) bond motifs is 1. The molecule has 0 saturated heterocycles. The fraction of sp³-hybridized carbons (Fsp3) is 0.200. The van der Waals surface area contributed by atoms with Crippen molar-refractivity contribution in [1.29, 1.82) is 0 Å². The third-order valence-corrected chi connectivity index (χ3v) is 3.59. The van der Waals surface area contributed by atoms with Crippen molar-refractivity contribution < 1.29 is 0 Å². The number of halogens is 1. The molecule has 0 atom stereocenters. The van der Waals surface area contributed by atoms with Gasteiger partial charge in [-0.3, -0.25) is 4.90 Å². The second-order valence-corrected chi connectivity index (χ2v) is 5.24. The van der Waals surface area contributed by atoms with Crippen molar-refractivity contribution in [2.75, 3.05) is 5.73 Å². The highest BCUT2D eigenvalue weighted by Gasteiger charge is 2.18. The first kappa shape index (κ1) is 11.6. The number of hydrogen-bond donors (Lipinski definition) is 1. The number of anilines is 1. The zero-order chi connectivity index (χ0) is 12.5. The number of nitrogens with zero attached hydrogens (tertiary/aromatic N) is 1. The number of nitrogen functional groups attached to an aromatic ring is 1. The minimum Gasteiger partial charge on any atom is -0.399 e. The van der Waals surface area contributed by atoms with E-state index in [0.29, 0.717) is 0 Å². The lowest BCUT2D eigenvalue weighted by Crippen LogP contribution is -2.15. The molecule has 0 bridgehead atoms. The van der Waals surface area contributed by atoms with Crippen molar-refractivity contribution in [3.8, 4) is 0 Å². The smallest absolute Gasteiger partial charge is 0.0406 e. The molecule has 1 aliphatic heterocycles. The van der Waals surface area contributed by atoms with Gasteiger partial charge in [0.1, 0.15) is 0 Å². The predicted molar refractivity (Wildman–Crippen MR) is 75.3 cm³/mol. The molecule has 0 aliphatic carbocycles. The fourth-order valence-corrected chi connectivity index (χ4v) is 2.57. The molecule has 2 nitrogen and oxygen atoms in total. The Morgan fingerprint density at radius 1 is 1.00 bits per heavy atom. The molecule has 2 aromatic rings. The minimum absolute atomic E-state index is 0.788. The highest BCUT2D eigenvalue weighted by atomic mass is 35.5. The summed E-state index contributed by atoms with van der Waals surface area (Å²) in [7, 11) is 0. The van der Waals surface area contributed by atoms with Gasteiger partial charge in [0.15, 0.2) is 0 Å². The molecule has 1 heterocycles. The monoisotopic (exact) mass is 258 g/mol. The summed E-state index contributed by atoms with van der Waals surface area (Å²) in [6.45, 7) is 2.92. The maximum Gasteiger partial charge on any atom is 0.0406 e. The van der Waals surface area contributed by atoms with Crippen LogP contribution in [0.1, 0.15) is 16.7 Å². The van der Waals surface area contributed by atoms with Crippen LogP contribution < -0.4 is 5.73 Å². The molecule has 0 unspecified atom stereocenters. The van der Waals surface area contributed by atoms with Crippen LogP contribution in [0.3, 0.4) is 0 Å². The number of hydrogen-bond acceptors (Lipinski definition) is 2. The first-order chi connectivity index (χ1) is 8.70. The second-order valence-electron chi connectivity index (χ2n) is 4.80. The second kappa shape index (κ2) is 4.63. The summed E-state index contributed by atoms with van der Waals surface area (Å²) in [6, 6.07) is 14.2. The largest absolute Gasteiger partial charge is 0.399 e. The third-order valence-electron chi connectivity index (χ3n) is 3.34. The summed E-state index contributed by atoms with van der Waals surface area (Å²) in [5.41, 5.74) is 10.7. The normalized spacial score (nSPS) is 14.7. The molecule has 0 fully saturated rings. The molecule has 2 N–H and O–H groups in total. The Morgan fingerprint density at radius 3 is 2.50 bits per heavy atom. The van der Waals surface area contributed by atoms with Crippen LogP contribution in [0.25, 0.3) is 0 Å². The zero-order valence-electron chi connectivity index (χ0n) is 10.1. The van der Waals surface area contributed by atoms with Crippen LogP contribution in [0.2, 0.25) is 5.02 Å². The van der Waals surface area contributed by atoms with E-state index in [9.17, 15) is 0 Å². The molecular weight excluding hydrogens is 244 g/mol. The van der Waals surface area contributed by atoms with Crippen LogP contribution in [-0.2, 0) is 19.6 Å². The Labute approximate surface area is 112 Å². The van der Waals surface area contributed by atoms with Crippen molar-refractivity contribution in [2.45, 2.75) is 19.6 Å². The van der Waals surface area contributed by atoms with E-state index < -0.39 is 0 Å². The molecule has 0 spiro atoms. The molecule has 3 heteroatoms. The van der Waals surface area contributed by atoms with Gasteiger partial charge >= 0.3 is 0 Å². The summed E-state index contributed by atoms with van der Waals surface area (Å²) in [4.78, 5) is 2.41. The molecule has 92 valence electrons. The maximum absolute atomic E-state index is 5.89. The average molecular weight is 259 g/mol. The van der Waals surface area contributed by atoms with E-state index in [1.807, 2.05) is 18.2 Å². The Hall–Kier alpha value is -1.51. The first-order valence-corrected chi connectivity index (χ1v) is 6.42. The van der Waals surface area contributed by atoms with Crippen LogP contribution in [0, 0.1) is 0 Å². The first-order valence-electron chi connectivity index (χ1n) is 6.05. The van der Waals surface area contributed by atoms with Gasteiger partial charge in [-0.1, -0.05) is 29.8 Å². The molecule has 3 rings (SSSR count). The number of benzene rings is 2. The van der Waals surface area contributed by atoms with Gasteiger partial charge in [0.05, 0.1) is 0 Å². The van der Waals surface area contributed by atoms with Gasteiger partial charge < -0.3 is 5.73 Å². The van der Waals surface area contributed by atoms with Crippen molar-refractivity contribution in [3.05, 3.63) is 64.2 Å². The average Bonchev–Trinajstić information content (AvgIpc) is 2.73. The molecule has 0 aromatic heterocycles. The lowest BCUT2D eigenvalue weighted by atomic mass is 10.1. The van der Waals surface area contributed by atoms with E-state index in [4.69, 9.17) is 17.3 Å². The third kappa shape index (κ3) is 2.35. The van der Waals surface area contributed by atoms with E-state index in [1.54, 1.807) is 0 Å². The molecule has 0 radical (unpaired) electrons. The molecular formula is C15H15ClN2. The van der Waals surface area contributed by atoms with Crippen LogP contribution >= 0.6 is 11.6 Å². The number of nitrogens with two attached hydrogens (primary N) is 1. The topological polar surface area (TPSA) is 29.3 Å². The van der Waals surface area contributed by atoms with Gasteiger partial charge in [-0.2, -0.15) is 0 Å². The van der Waals surface area contributed by atoms with E-state index >= 15 is 0 Å². The quantitative estimate of drug-likeness (QED) is 0.836. The van der Waals surface area contributed by atoms with Gasteiger partial charge in [0.25, 0.3) is 0 Å². The lowest BCUT2D eigenvalue weighted by Gasteiger charge is -2.14. The van der Waals surface area contributed by atoms with Gasteiger partial charge in [0, 0.05) is 30.3 Å². The Morgan fingerprint density at radius 2 is 1.72 bits per heavy atom. The summed E-state index contributed by atoms with van der Waals surface area (Å²) in [5.74, 6) is 0. The standard InChI is InChI=1S/C15H15ClN2/c16-14-4-1-11(2-5-14)8-18-9-12-3-6-15(17)7-13(12)10-18/h1-7H,8-10,17H2. The van der Waals surface area contributed by atoms with Crippen LogP contribution in [0.15, 0.2) is 42.5 Å². The van der Waals surface area contributed by atoms with Gasteiger partial charge in [0.2, 0.25) is 0 Å². The predicted octanol–water partition coefficient (Wildman–Crippen LogP) is 3.44. The summed E-state index contributed by atoms with van der Waals surface area (Å²) in [6.07, 6.45) is 0. The van der Waals surface area contributed by atoms with Gasteiger partial charge in [-0.25, -0.2) is 0 Å². The van der Waals surface area contributed by atoms with E-state index in [1.165, 1.54) is 16.7 Å². The molecule has 0 saturated carbocycles. The van der Waals surface area contributed by atoms with Crippen molar-refractivity contribution >= 4 is 17.3 Å². The van der Waals surface area contributed by atoms with Crippen LogP contribution in [0.5, 0.6) is 0 Å². The van der Waals surface area contributed by atoms with Crippen molar-refractivity contribution in [3.63, 3.8) is 0 Å². The molecule has 2 aromatic carbocycles. The van der Waals surface area contributed by atoms with Gasteiger partial charge in [-0.05, 0) is 41.0 Å². The van der Waals surface area contributed by atoms with E-state index in [-0.39, 0.29) is 0 Å². The maximum atomic E-state index is 5.89. The highest BCUT2D eigenvalue weighted by molar-refractivity contribution is 6.30. The minimum atomic E-state index is 0.788. The van der Waals surface area contributed by atoms with Crippen LogP contribution in [-0.4, -0.2) is 4.90 Å². The summed E-state index contributed by atoms with van der Waals surface area (Å²) in [5, 5.41) is 0.788. The highest BCUT2D eigenvalue weighted by Crippen LogP contribution is 2.26. The van der Waals surface area contributed by atoms with Gasteiger partial charge in [-0.15, -0.1) is 0 Å². The fourth-order valence-electron chi connectivity index (χ4n) is 2.44. The van der Waals surface area contributed by atoms with E-state index in [0.717, 1.165) is 30.3 Å². The summed E-state index contributed by atoms with van der Waals surface area (Å²) >= 11 is 5.89. The van der Waals surface area contributed by atoms with E-state index in [2.05, 4.69) is 29.2 Å². The molecule has 1 aliphatic rings. The Balaban J connectivity index is 1.72. The Bertz CT molecular complexity index is 563. The van der Waals surface area contributed by atoms with Crippen molar-refractivity contribution in [1.82, 2.24) is 4.90 Å². The summed E-state index contributed by atoms with van der Waals surface area (Å²) < 4.78 is 0. The number of rotatable bonds is 2. The zero-order valence-corrected chi connectivity index (χ0v) is 10.8. The SMILES string of the molecule is Nc1ccc2c(c1)CN(Cc1ccc(Cl)cc1)C2.